The van der Waals surface area contributed by atoms with Gasteiger partial charge in [0.05, 0.1) is 6.10 Å². The average molecular weight is 242 g/mol. The highest BCUT2D eigenvalue weighted by molar-refractivity contribution is 5.80. The molecule has 1 aliphatic heterocycles. The molecule has 0 bridgehead atoms. The van der Waals surface area contributed by atoms with Crippen molar-refractivity contribution in [2.45, 2.75) is 71.2 Å². The van der Waals surface area contributed by atoms with E-state index < -0.39 is 0 Å². The SMILES string of the molecule is CCNC(=O)C(C)OC1CCC(C)NC1CC. The Morgan fingerprint density at radius 1 is 1.47 bits per heavy atom. The van der Waals surface area contributed by atoms with Crippen LogP contribution in [-0.2, 0) is 9.53 Å². The van der Waals surface area contributed by atoms with Crippen molar-refractivity contribution in [2.24, 2.45) is 0 Å². The maximum Gasteiger partial charge on any atom is 0.248 e. The summed E-state index contributed by atoms with van der Waals surface area (Å²) in [6.07, 6.45) is 3.00. The summed E-state index contributed by atoms with van der Waals surface area (Å²) in [5.41, 5.74) is 0. The molecular weight excluding hydrogens is 216 g/mol. The number of rotatable bonds is 5. The number of carbonyl (C=O) groups excluding carboxylic acids is 1. The smallest absolute Gasteiger partial charge is 0.248 e. The lowest BCUT2D eigenvalue weighted by molar-refractivity contribution is -0.137. The maximum absolute atomic E-state index is 11.6. The van der Waals surface area contributed by atoms with E-state index in [9.17, 15) is 4.79 Å². The molecule has 1 heterocycles. The van der Waals surface area contributed by atoms with E-state index >= 15 is 0 Å². The van der Waals surface area contributed by atoms with Crippen LogP contribution in [0.4, 0.5) is 0 Å². The second-order valence-corrected chi connectivity index (χ2v) is 4.87. The zero-order chi connectivity index (χ0) is 12.8. The first-order valence-corrected chi connectivity index (χ1v) is 6.77. The molecule has 1 aliphatic rings. The molecule has 1 amide bonds. The first-order valence-electron chi connectivity index (χ1n) is 6.77. The molecule has 17 heavy (non-hydrogen) atoms. The van der Waals surface area contributed by atoms with E-state index in [4.69, 9.17) is 4.74 Å². The number of piperidine rings is 1. The first kappa shape index (κ1) is 14.5. The summed E-state index contributed by atoms with van der Waals surface area (Å²) in [5, 5.41) is 6.33. The van der Waals surface area contributed by atoms with Crippen molar-refractivity contribution in [1.82, 2.24) is 10.6 Å². The van der Waals surface area contributed by atoms with E-state index in [0.29, 0.717) is 18.6 Å². The zero-order valence-electron chi connectivity index (χ0n) is 11.5. The van der Waals surface area contributed by atoms with Crippen LogP contribution in [0.15, 0.2) is 0 Å². The topological polar surface area (TPSA) is 50.4 Å². The summed E-state index contributed by atoms with van der Waals surface area (Å²) in [7, 11) is 0. The van der Waals surface area contributed by atoms with Gasteiger partial charge in [0.2, 0.25) is 5.91 Å². The fraction of sp³-hybridized carbons (Fsp3) is 0.923. The normalized spacial score (nSPS) is 30.9. The Hall–Kier alpha value is -0.610. The van der Waals surface area contributed by atoms with Crippen molar-refractivity contribution in [2.75, 3.05) is 6.54 Å². The van der Waals surface area contributed by atoms with Gasteiger partial charge < -0.3 is 15.4 Å². The summed E-state index contributed by atoms with van der Waals surface area (Å²) >= 11 is 0. The van der Waals surface area contributed by atoms with Gasteiger partial charge in [-0.25, -0.2) is 0 Å². The van der Waals surface area contributed by atoms with E-state index in [1.54, 1.807) is 0 Å². The van der Waals surface area contributed by atoms with Crippen LogP contribution in [0, 0.1) is 0 Å². The van der Waals surface area contributed by atoms with Crippen molar-refractivity contribution < 1.29 is 9.53 Å². The molecule has 0 aromatic rings. The predicted molar refractivity (Wildman–Crippen MR) is 68.9 cm³/mol. The van der Waals surface area contributed by atoms with Crippen molar-refractivity contribution in [3.63, 3.8) is 0 Å². The van der Waals surface area contributed by atoms with Crippen molar-refractivity contribution in [3.05, 3.63) is 0 Å². The Labute approximate surface area is 104 Å². The Bertz CT molecular complexity index is 246. The highest BCUT2D eigenvalue weighted by Gasteiger charge is 2.30. The molecule has 0 saturated carbocycles. The van der Waals surface area contributed by atoms with Crippen LogP contribution < -0.4 is 10.6 Å². The van der Waals surface area contributed by atoms with Gasteiger partial charge in [-0.1, -0.05) is 6.92 Å². The van der Waals surface area contributed by atoms with Crippen molar-refractivity contribution >= 4 is 5.91 Å². The molecule has 4 unspecified atom stereocenters. The number of hydrogen-bond donors (Lipinski definition) is 2. The maximum atomic E-state index is 11.6. The highest BCUT2D eigenvalue weighted by Crippen LogP contribution is 2.20. The first-order chi connectivity index (χ1) is 8.08. The fourth-order valence-corrected chi connectivity index (χ4v) is 2.36. The molecule has 100 valence electrons. The van der Waals surface area contributed by atoms with Crippen molar-refractivity contribution in [1.29, 1.82) is 0 Å². The molecule has 0 aliphatic carbocycles. The van der Waals surface area contributed by atoms with Gasteiger partial charge in [-0.2, -0.15) is 0 Å². The van der Waals surface area contributed by atoms with Crippen LogP contribution in [0.3, 0.4) is 0 Å². The van der Waals surface area contributed by atoms with Gasteiger partial charge in [0.1, 0.15) is 6.10 Å². The third-order valence-electron chi connectivity index (χ3n) is 3.37. The molecule has 1 fully saturated rings. The van der Waals surface area contributed by atoms with E-state index in [-0.39, 0.29) is 18.1 Å². The summed E-state index contributed by atoms with van der Waals surface area (Å²) in [6.45, 7) is 8.76. The molecule has 1 saturated heterocycles. The molecule has 1 rings (SSSR count). The fourth-order valence-electron chi connectivity index (χ4n) is 2.36. The Morgan fingerprint density at radius 2 is 2.18 bits per heavy atom. The van der Waals surface area contributed by atoms with E-state index in [0.717, 1.165) is 19.3 Å². The lowest BCUT2D eigenvalue weighted by Crippen LogP contribution is -2.52. The summed E-state index contributed by atoms with van der Waals surface area (Å²) < 4.78 is 5.88. The Morgan fingerprint density at radius 3 is 2.76 bits per heavy atom. The van der Waals surface area contributed by atoms with Crippen LogP contribution >= 0.6 is 0 Å². The summed E-state index contributed by atoms with van der Waals surface area (Å²) in [4.78, 5) is 11.6. The largest absolute Gasteiger partial charge is 0.364 e. The number of carbonyl (C=O) groups is 1. The molecule has 0 radical (unpaired) electrons. The van der Waals surface area contributed by atoms with Gasteiger partial charge >= 0.3 is 0 Å². The van der Waals surface area contributed by atoms with Crippen molar-refractivity contribution in [3.8, 4) is 0 Å². The van der Waals surface area contributed by atoms with Crippen LogP contribution in [0.2, 0.25) is 0 Å². The Balaban J connectivity index is 2.46. The van der Waals surface area contributed by atoms with Gasteiger partial charge in [0.25, 0.3) is 0 Å². The quantitative estimate of drug-likeness (QED) is 0.767. The van der Waals surface area contributed by atoms with Crippen LogP contribution in [-0.4, -0.2) is 36.7 Å². The molecule has 0 aromatic carbocycles. The molecule has 4 heteroatoms. The van der Waals surface area contributed by atoms with Crippen LogP contribution in [0.5, 0.6) is 0 Å². The molecule has 4 atom stereocenters. The number of likely N-dealkylation sites (N-methyl/N-ethyl adjacent to an activating group) is 1. The average Bonchev–Trinajstić information content (AvgIpc) is 2.31. The van der Waals surface area contributed by atoms with Gasteiger partial charge in [0, 0.05) is 18.6 Å². The zero-order valence-corrected chi connectivity index (χ0v) is 11.5. The van der Waals surface area contributed by atoms with E-state index in [2.05, 4.69) is 24.5 Å². The lowest BCUT2D eigenvalue weighted by atomic mass is 9.94. The number of ether oxygens (including phenoxy) is 1. The van der Waals surface area contributed by atoms with Gasteiger partial charge in [-0.15, -0.1) is 0 Å². The predicted octanol–water partition coefficient (Wildman–Crippen LogP) is 1.45. The molecular formula is C13H26N2O2. The lowest BCUT2D eigenvalue weighted by Gasteiger charge is -2.36. The summed E-state index contributed by atoms with van der Waals surface area (Å²) in [6, 6.07) is 0.926. The molecule has 0 spiro atoms. The second-order valence-electron chi connectivity index (χ2n) is 4.87. The number of amides is 1. The second kappa shape index (κ2) is 6.97. The number of hydrogen-bond acceptors (Lipinski definition) is 3. The van der Waals surface area contributed by atoms with Gasteiger partial charge in [-0.3, -0.25) is 4.79 Å². The number of nitrogens with one attached hydrogen (secondary N) is 2. The van der Waals surface area contributed by atoms with Crippen LogP contribution in [0.25, 0.3) is 0 Å². The minimum absolute atomic E-state index is 0.0130. The van der Waals surface area contributed by atoms with Gasteiger partial charge in [0.15, 0.2) is 0 Å². The minimum Gasteiger partial charge on any atom is -0.364 e. The third kappa shape index (κ3) is 4.28. The summed E-state index contributed by atoms with van der Waals surface area (Å²) in [5.74, 6) is -0.0130. The van der Waals surface area contributed by atoms with E-state index in [1.165, 1.54) is 0 Å². The highest BCUT2D eigenvalue weighted by atomic mass is 16.5. The standard InChI is InChI=1S/C13H26N2O2/c1-5-11-12(8-7-9(3)15-11)17-10(4)13(16)14-6-2/h9-12,15H,5-8H2,1-4H3,(H,14,16). The third-order valence-corrected chi connectivity index (χ3v) is 3.37. The minimum atomic E-state index is -0.357. The molecule has 2 N–H and O–H groups in total. The molecule has 4 nitrogen and oxygen atoms in total. The molecule has 0 aromatic heterocycles. The van der Waals surface area contributed by atoms with E-state index in [1.807, 2.05) is 13.8 Å². The monoisotopic (exact) mass is 242 g/mol. The Kier molecular flexibility index (Phi) is 5.92. The van der Waals surface area contributed by atoms with Crippen LogP contribution in [0.1, 0.15) is 47.0 Å². The van der Waals surface area contributed by atoms with Gasteiger partial charge in [-0.05, 0) is 40.0 Å².